The van der Waals surface area contributed by atoms with Crippen LogP contribution in [0.15, 0.2) is 60.7 Å². The molecular formula is C30H28Cl2FNO2. The van der Waals surface area contributed by atoms with E-state index in [-0.39, 0.29) is 6.67 Å². The number of aromatic carboxylic acids is 1. The van der Waals surface area contributed by atoms with Crippen molar-refractivity contribution in [2.75, 3.05) is 26.3 Å². The molecule has 186 valence electrons. The molecule has 3 aromatic carbocycles. The smallest absolute Gasteiger partial charge is 0.335 e. The minimum Gasteiger partial charge on any atom is -0.478 e. The molecule has 0 amide bonds. The molecule has 0 saturated carbocycles. The molecule has 0 unspecified atom stereocenters. The van der Waals surface area contributed by atoms with Crippen LogP contribution in [0, 0.1) is 5.92 Å². The Labute approximate surface area is 221 Å². The van der Waals surface area contributed by atoms with E-state index in [0.717, 1.165) is 72.3 Å². The number of carboxylic acids is 1. The zero-order valence-electron chi connectivity index (χ0n) is 19.9. The summed E-state index contributed by atoms with van der Waals surface area (Å²) >= 11 is 12.8. The Hall–Kier alpha value is -2.66. The van der Waals surface area contributed by atoms with E-state index < -0.39 is 5.97 Å². The van der Waals surface area contributed by atoms with Gasteiger partial charge >= 0.3 is 5.97 Å². The van der Waals surface area contributed by atoms with E-state index in [1.54, 1.807) is 18.2 Å². The van der Waals surface area contributed by atoms with Crippen LogP contribution in [-0.4, -0.2) is 42.3 Å². The number of rotatable bonds is 8. The first-order valence-corrected chi connectivity index (χ1v) is 13.1. The molecule has 0 radical (unpaired) electrons. The predicted molar refractivity (Wildman–Crippen MR) is 145 cm³/mol. The second kappa shape index (κ2) is 10.8. The van der Waals surface area contributed by atoms with E-state index in [4.69, 9.17) is 23.2 Å². The lowest BCUT2D eigenvalue weighted by molar-refractivity contribution is 0.0696. The highest BCUT2D eigenvalue weighted by Crippen LogP contribution is 2.43. The summed E-state index contributed by atoms with van der Waals surface area (Å²) in [7, 11) is 0. The molecule has 1 heterocycles. The zero-order valence-corrected chi connectivity index (χ0v) is 21.5. The molecule has 0 atom stereocenters. The highest BCUT2D eigenvalue weighted by atomic mass is 35.5. The monoisotopic (exact) mass is 523 g/mol. The first-order chi connectivity index (χ1) is 17.4. The van der Waals surface area contributed by atoms with Crippen molar-refractivity contribution in [1.82, 2.24) is 4.90 Å². The van der Waals surface area contributed by atoms with Gasteiger partial charge in [0.05, 0.1) is 12.2 Å². The molecule has 1 saturated heterocycles. The van der Waals surface area contributed by atoms with E-state index in [0.29, 0.717) is 27.9 Å². The highest BCUT2D eigenvalue weighted by molar-refractivity contribution is 6.36. The second-order valence-corrected chi connectivity index (χ2v) is 10.6. The van der Waals surface area contributed by atoms with Crippen molar-refractivity contribution in [3.05, 3.63) is 104 Å². The number of alkyl halides is 1. The van der Waals surface area contributed by atoms with Crippen LogP contribution >= 0.6 is 23.2 Å². The minimum absolute atomic E-state index is 0.248. The van der Waals surface area contributed by atoms with E-state index in [1.807, 2.05) is 18.2 Å². The first kappa shape index (κ1) is 25.0. The summed E-state index contributed by atoms with van der Waals surface area (Å²) in [6, 6.07) is 19.7. The Morgan fingerprint density at radius 2 is 1.72 bits per heavy atom. The molecule has 1 fully saturated rings. The van der Waals surface area contributed by atoms with Crippen LogP contribution in [0.1, 0.15) is 51.0 Å². The van der Waals surface area contributed by atoms with Crippen LogP contribution in [0.25, 0.3) is 11.1 Å². The van der Waals surface area contributed by atoms with Crippen molar-refractivity contribution in [1.29, 1.82) is 0 Å². The first-order valence-electron chi connectivity index (χ1n) is 12.4. The molecule has 36 heavy (non-hydrogen) atoms. The van der Waals surface area contributed by atoms with Crippen molar-refractivity contribution in [2.45, 2.75) is 25.7 Å². The summed E-state index contributed by atoms with van der Waals surface area (Å²) in [5.74, 6) is -0.304. The summed E-state index contributed by atoms with van der Waals surface area (Å²) < 4.78 is 12.4. The van der Waals surface area contributed by atoms with Crippen LogP contribution in [0.2, 0.25) is 10.0 Å². The molecule has 1 aliphatic heterocycles. The fraction of sp³-hybridized carbons (Fsp3) is 0.300. The van der Waals surface area contributed by atoms with E-state index in [1.165, 1.54) is 5.56 Å². The number of hydrogen-bond acceptors (Lipinski definition) is 2. The van der Waals surface area contributed by atoms with E-state index >= 15 is 0 Å². The van der Waals surface area contributed by atoms with Gasteiger partial charge in [0, 0.05) is 29.7 Å². The second-order valence-electron chi connectivity index (χ2n) is 9.72. The molecule has 0 bridgehead atoms. The molecule has 3 nitrogen and oxygen atoms in total. The number of fused-ring (bicyclic) bond motifs is 1. The average Bonchev–Trinajstić information content (AvgIpc) is 2.85. The Morgan fingerprint density at radius 3 is 2.42 bits per heavy atom. The largest absolute Gasteiger partial charge is 0.478 e. The Balaban J connectivity index is 1.48. The lowest BCUT2D eigenvalue weighted by Gasteiger charge is -2.39. The van der Waals surface area contributed by atoms with Gasteiger partial charge in [0.2, 0.25) is 0 Å². The lowest BCUT2D eigenvalue weighted by atomic mass is 9.79. The number of aryl methyl sites for hydroxylation is 1. The summed E-state index contributed by atoms with van der Waals surface area (Å²) in [5, 5.41) is 10.7. The quantitative estimate of drug-likeness (QED) is 0.333. The number of benzene rings is 3. The van der Waals surface area contributed by atoms with Gasteiger partial charge in [-0.2, -0.15) is 0 Å². The van der Waals surface area contributed by atoms with Gasteiger partial charge in [-0.3, -0.25) is 4.39 Å². The van der Waals surface area contributed by atoms with Gasteiger partial charge in [-0.05, 0) is 94.8 Å². The van der Waals surface area contributed by atoms with Gasteiger partial charge < -0.3 is 10.0 Å². The zero-order chi connectivity index (χ0) is 25.2. The van der Waals surface area contributed by atoms with Gasteiger partial charge in [-0.1, -0.05) is 59.6 Å². The molecule has 1 N–H and O–H groups in total. The summed E-state index contributed by atoms with van der Waals surface area (Å²) in [6.45, 7) is 2.67. The topological polar surface area (TPSA) is 40.5 Å². The molecule has 3 aromatic rings. The van der Waals surface area contributed by atoms with E-state index in [9.17, 15) is 14.3 Å². The Kier molecular flexibility index (Phi) is 7.47. The number of carboxylic acid groups (broad SMARTS) is 1. The molecule has 0 aromatic heterocycles. The summed E-state index contributed by atoms with van der Waals surface area (Å²) in [5.41, 5.74) is 7.94. The Bertz CT molecular complexity index is 1310. The third-order valence-corrected chi connectivity index (χ3v) is 7.78. The van der Waals surface area contributed by atoms with Gasteiger partial charge in [0.25, 0.3) is 0 Å². The summed E-state index contributed by atoms with van der Waals surface area (Å²) in [6.07, 6.45) is 3.13. The maximum atomic E-state index is 12.4. The normalized spacial score (nSPS) is 16.1. The number of halogens is 3. The fourth-order valence-electron chi connectivity index (χ4n) is 5.47. The van der Waals surface area contributed by atoms with Crippen LogP contribution < -0.4 is 0 Å². The van der Waals surface area contributed by atoms with Crippen LogP contribution in [0.4, 0.5) is 4.39 Å². The highest BCUT2D eigenvalue weighted by Gasteiger charge is 2.27. The Morgan fingerprint density at radius 1 is 0.972 bits per heavy atom. The molecule has 6 heteroatoms. The predicted octanol–water partition coefficient (Wildman–Crippen LogP) is 7.43. The van der Waals surface area contributed by atoms with Crippen molar-refractivity contribution < 1.29 is 14.3 Å². The van der Waals surface area contributed by atoms with Crippen molar-refractivity contribution >= 4 is 40.3 Å². The third-order valence-electron chi connectivity index (χ3n) is 7.23. The number of likely N-dealkylation sites (tertiary alicyclic amines) is 1. The molecule has 1 aliphatic carbocycles. The van der Waals surface area contributed by atoms with Crippen LogP contribution in [0.5, 0.6) is 0 Å². The number of nitrogens with zero attached hydrogens (tertiary/aromatic N) is 1. The molecule has 0 spiro atoms. The molecule has 2 aliphatic rings. The van der Waals surface area contributed by atoms with E-state index in [2.05, 4.69) is 29.2 Å². The summed E-state index contributed by atoms with van der Waals surface area (Å²) in [4.78, 5) is 13.9. The lowest BCUT2D eigenvalue weighted by Crippen LogP contribution is -2.47. The van der Waals surface area contributed by atoms with Gasteiger partial charge in [0.1, 0.15) is 0 Å². The van der Waals surface area contributed by atoms with Crippen molar-refractivity contribution in [3.63, 3.8) is 0 Å². The number of hydrogen-bond donors (Lipinski definition) is 1. The van der Waals surface area contributed by atoms with Gasteiger partial charge in [-0.15, -0.1) is 0 Å². The fourth-order valence-corrected chi connectivity index (χ4v) is 5.99. The average molecular weight is 524 g/mol. The van der Waals surface area contributed by atoms with Gasteiger partial charge in [0.15, 0.2) is 0 Å². The van der Waals surface area contributed by atoms with Crippen molar-refractivity contribution in [2.24, 2.45) is 5.92 Å². The molecule has 5 rings (SSSR count). The third kappa shape index (κ3) is 5.22. The van der Waals surface area contributed by atoms with Crippen LogP contribution in [0.3, 0.4) is 0 Å². The standard InChI is InChI=1S/C30H28Cl2FNO2/c31-24-8-11-26(28(32)16-24)27-10-6-22-15-23(30(35)36)7-9-25(22)29(27)21-4-2-19(3-5-21)14-20-17-34(18-20)13-1-12-33/h2-5,7-9,11,15-16,20H,1,6,10,12-14,17-18H2,(H,35,36). The maximum absolute atomic E-state index is 12.4. The minimum atomic E-state index is -0.918. The van der Waals surface area contributed by atoms with Crippen molar-refractivity contribution in [3.8, 4) is 0 Å². The van der Waals surface area contributed by atoms with Gasteiger partial charge in [-0.25, -0.2) is 4.79 Å². The SMILES string of the molecule is O=C(O)c1ccc2c(c1)CCC(c1ccc(Cl)cc1Cl)=C2c1ccc(CC2CN(CCCF)C2)cc1. The van der Waals surface area contributed by atoms with Crippen LogP contribution in [-0.2, 0) is 12.8 Å². The number of carbonyl (C=O) groups is 1. The molecular weight excluding hydrogens is 496 g/mol. The maximum Gasteiger partial charge on any atom is 0.335 e. The number of allylic oxidation sites excluding steroid dienone is 1.